The first kappa shape index (κ1) is 14.2. The zero-order chi connectivity index (χ0) is 13.7. The molecule has 4 heteroatoms. The van der Waals surface area contributed by atoms with Gasteiger partial charge in [0, 0.05) is 23.7 Å². The molecular formula is C15H21N3S. The van der Waals surface area contributed by atoms with Gasteiger partial charge in [-0.1, -0.05) is 12.1 Å². The fraction of sp³-hybridized carbons (Fsp3) is 0.400. The third-order valence-corrected chi connectivity index (χ3v) is 4.22. The van der Waals surface area contributed by atoms with Gasteiger partial charge in [-0.15, -0.1) is 11.3 Å². The zero-order valence-corrected chi connectivity index (χ0v) is 12.5. The molecule has 0 aliphatic carbocycles. The first-order chi connectivity index (χ1) is 9.18. The summed E-state index contributed by atoms with van der Waals surface area (Å²) >= 11 is 1.81. The van der Waals surface area contributed by atoms with Crippen LogP contribution in [-0.2, 0) is 0 Å². The van der Waals surface area contributed by atoms with Crippen molar-refractivity contribution in [3.63, 3.8) is 0 Å². The van der Waals surface area contributed by atoms with Crippen molar-refractivity contribution in [2.45, 2.75) is 19.0 Å². The summed E-state index contributed by atoms with van der Waals surface area (Å²) in [6.07, 6.45) is 1.84. The van der Waals surface area contributed by atoms with Gasteiger partial charge in [0.2, 0.25) is 0 Å². The van der Waals surface area contributed by atoms with E-state index >= 15 is 0 Å². The highest BCUT2D eigenvalue weighted by molar-refractivity contribution is 7.10. The molecule has 2 aromatic heterocycles. The van der Waals surface area contributed by atoms with Crippen LogP contribution >= 0.6 is 11.3 Å². The lowest BCUT2D eigenvalue weighted by molar-refractivity contribution is 0.285. The molecule has 102 valence electrons. The summed E-state index contributed by atoms with van der Waals surface area (Å²) in [5.41, 5.74) is 1.09. The number of hydrogen-bond donors (Lipinski definition) is 1. The lowest BCUT2D eigenvalue weighted by Gasteiger charge is -2.25. The smallest absolute Gasteiger partial charge is 0.0570 e. The molecule has 0 bridgehead atoms. The molecule has 0 saturated heterocycles. The molecule has 19 heavy (non-hydrogen) atoms. The minimum absolute atomic E-state index is 0.267. The summed E-state index contributed by atoms with van der Waals surface area (Å²) in [7, 11) is 4.25. The minimum Gasteiger partial charge on any atom is -0.307 e. The van der Waals surface area contributed by atoms with Gasteiger partial charge in [-0.2, -0.15) is 0 Å². The lowest BCUT2D eigenvalue weighted by Crippen LogP contribution is -2.32. The Balaban J connectivity index is 1.96. The second kappa shape index (κ2) is 6.80. The van der Waals surface area contributed by atoms with Crippen LogP contribution in [0.1, 0.15) is 29.6 Å². The Bertz CT molecular complexity index is 467. The van der Waals surface area contributed by atoms with Crippen molar-refractivity contribution in [2.24, 2.45) is 0 Å². The van der Waals surface area contributed by atoms with Crippen LogP contribution in [0.5, 0.6) is 0 Å². The van der Waals surface area contributed by atoms with E-state index in [1.165, 1.54) is 4.88 Å². The van der Waals surface area contributed by atoms with Crippen molar-refractivity contribution in [3.8, 4) is 0 Å². The molecule has 0 aliphatic rings. The standard InChI is InChI=1S/C15H21N3S/c1-12(13-7-4-5-9-16-13)17-11-14(18(2)3)15-8-6-10-19-15/h4-10,12,14,17H,11H2,1-3H3. The maximum absolute atomic E-state index is 4.39. The van der Waals surface area contributed by atoms with Crippen LogP contribution in [0, 0.1) is 0 Å². The highest BCUT2D eigenvalue weighted by Crippen LogP contribution is 2.23. The van der Waals surface area contributed by atoms with E-state index < -0.39 is 0 Å². The van der Waals surface area contributed by atoms with Crippen LogP contribution in [0.25, 0.3) is 0 Å². The van der Waals surface area contributed by atoms with Crippen molar-refractivity contribution < 1.29 is 0 Å². The third kappa shape index (κ3) is 3.86. The molecular weight excluding hydrogens is 254 g/mol. The molecule has 0 amide bonds. The van der Waals surface area contributed by atoms with E-state index in [4.69, 9.17) is 0 Å². The van der Waals surface area contributed by atoms with Crippen LogP contribution in [-0.4, -0.2) is 30.5 Å². The molecule has 2 unspecified atom stereocenters. The van der Waals surface area contributed by atoms with Crippen molar-refractivity contribution in [1.29, 1.82) is 0 Å². The van der Waals surface area contributed by atoms with Crippen molar-refractivity contribution >= 4 is 11.3 Å². The first-order valence-corrected chi connectivity index (χ1v) is 7.40. The van der Waals surface area contributed by atoms with Gasteiger partial charge in [-0.25, -0.2) is 0 Å². The fourth-order valence-corrected chi connectivity index (χ4v) is 2.97. The molecule has 0 spiro atoms. The molecule has 0 aromatic carbocycles. The van der Waals surface area contributed by atoms with Gasteiger partial charge in [0.25, 0.3) is 0 Å². The second-order valence-corrected chi connectivity index (χ2v) is 5.86. The Kier molecular flexibility index (Phi) is 5.07. The summed E-state index contributed by atoms with van der Waals surface area (Å²) < 4.78 is 0. The normalized spacial score (nSPS) is 14.5. The van der Waals surface area contributed by atoms with E-state index in [0.29, 0.717) is 6.04 Å². The van der Waals surface area contributed by atoms with Crippen LogP contribution < -0.4 is 5.32 Å². The number of likely N-dealkylation sites (N-methyl/N-ethyl adjacent to an activating group) is 1. The molecule has 1 N–H and O–H groups in total. The topological polar surface area (TPSA) is 28.2 Å². The monoisotopic (exact) mass is 275 g/mol. The molecule has 2 rings (SSSR count). The summed E-state index contributed by atoms with van der Waals surface area (Å²) in [5, 5.41) is 5.70. The maximum atomic E-state index is 4.39. The van der Waals surface area contributed by atoms with Crippen LogP contribution in [0.15, 0.2) is 41.9 Å². The SMILES string of the molecule is CC(NCC(c1cccs1)N(C)C)c1ccccn1. The fourth-order valence-electron chi connectivity index (χ4n) is 2.04. The highest BCUT2D eigenvalue weighted by Gasteiger charge is 2.16. The predicted octanol–water partition coefficient (Wildman–Crippen LogP) is 3.10. The Hall–Kier alpha value is -1.23. The molecule has 2 heterocycles. The van der Waals surface area contributed by atoms with Crippen LogP contribution in [0.4, 0.5) is 0 Å². The maximum Gasteiger partial charge on any atom is 0.0570 e. The lowest BCUT2D eigenvalue weighted by atomic mass is 10.1. The predicted molar refractivity (Wildman–Crippen MR) is 81.4 cm³/mol. The number of thiophene rings is 1. The van der Waals surface area contributed by atoms with E-state index in [2.05, 4.69) is 59.8 Å². The molecule has 3 nitrogen and oxygen atoms in total. The molecule has 2 atom stereocenters. The number of nitrogens with one attached hydrogen (secondary N) is 1. The van der Waals surface area contributed by atoms with Gasteiger partial charge in [-0.3, -0.25) is 4.98 Å². The second-order valence-electron chi connectivity index (χ2n) is 4.88. The first-order valence-electron chi connectivity index (χ1n) is 6.52. The van der Waals surface area contributed by atoms with Gasteiger partial charge in [0.15, 0.2) is 0 Å². The number of pyridine rings is 1. The van der Waals surface area contributed by atoms with Gasteiger partial charge in [0.05, 0.1) is 11.7 Å². The molecule has 0 aliphatic heterocycles. The van der Waals surface area contributed by atoms with E-state index in [-0.39, 0.29) is 6.04 Å². The number of rotatable bonds is 6. The third-order valence-electron chi connectivity index (χ3n) is 3.24. The Morgan fingerprint density at radius 1 is 1.26 bits per heavy atom. The van der Waals surface area contributed by atoms with Crippen LogP contribution in [0.2, 0.25) is 0 Å². The molecule has 0 radical (unpaired) electrons. The van der Waals surface area contributed by atoms with E-state index in [1.54, 1.807) is 0 Å². The van der Waals surface area contributed by atoms with Crippen molar-refractivity contribution in [2.75, 3.05) is 20.6 Å². The largest absolute Gasteiger partial charge is 0.307 e. The Morgan fingerprint density at radius 2 is 2.11 bits per heavy atom. The van der Waals surface area contributed by atoms with Gasteiger partial charge < -0.3 is 10.2 Å². The Labute approximate surface area is 119 Å². The number of nitrogens with zero attached hydrogens (tertiary/aromatic N) is 2. The molecule has 0 saturated carbocycles. The summed E-state index contributed by atoms with van der Waals surface area (Å²) in [6.45, 7) is 3.08. The van der Waals surface area contributed by atoms with Gasteiger partial charge in [-0.05, 0) is 44.6 Å². The van der Waals surface area contributed by atoms with E-state index in [1.807, 2.05) is 29.7 Å². The van der Waals surface area contributed by atoms with E-state index in [9.17, 15) is 0 Å². The van der Waals surface area contributed by atoms with Crippen LogP contribution in [0.3, 0.4) is 0 Å². The Morgan fingerprint density at radius 3 is 2.68 bits per heavy atom. The average Bonchev–Trinajstić information content (AvgIpc) is 2.93. The average molecular weight is 275 g/mol. The number of aromatic nitrogens is 1. The molecule has 0 fully saturated rings. The molecule has 2 aromatic rings. The minimum atomic E-state index is 0.267. The van der Waals surface area contributed by atoms with Crippen molar-refractivity contribution in [3.05, 3.63) is 52.5 Å². The summed E-state index contributed by atoms with van der Waals surface area (Å²) in [5.74, 6) is 0. The van der Waals surface area contributed by atoms with Gasteiger partial charge in [0.1, 0.15) is 0 Å². The van der Waals surface area contributed by atoms with Gasteiger partial charge >= 0.3 is 0 Å². The summed E-state index contributed by atoms with van der Waals surface area (Å²) in [4.78, 5) is 8.04. The van der Waals surface area contributed by atoms with Crippen molar-refractivity contribution in [1.82, 2.24) is 15.2 Å². The quantitative estimate of drug-likeness (QED) is 0.878. The van der Waals surface area contributed by atoms with E-state index in [0.717, 1.165) is 12.2 Å². The zero-order valence-electron chi connectivity index (χ0n) is 11.7. The summed E-state index contributed by atoms with van der Waals surface area (Å²) in [6, 6.07) is 11.0. The number of hydrogen-bond acceptors (Lipinski definition) is 4. The highest BCUT2D eigenvalue weighted by atomic mass is 32.1.